The van der Waals surface area contributed by atoms with Crippen molar-refractivity contribution in [2.45, 2.75) is 4.90 Å². The first-order valence-corrected chi connectivity index (χ1v) is 7.01. The molecule has 8 heteroatoms. The number of nitrogens with one attached hydrogen (secondary N) is 3. The molecule has 0 aliphatic heterocycles. The molecule has 20 heavy (non-hydrogen) atoms. The number of anilines is 1. The Morgan fingerprint density at radius 3 is 1.70 bits per heavy atom. The summed E-state index contributed by atoms with van der Waals surface area (Å²) >= 11 is 0. The number of hydrogen-bond donors (Lipinski definition) is 3. The SMILES string of the molecule is N=Nc1ccc(NS(=O)(=O)c2ccc(N=N)cc2)cc1. The van der Waals surface area contributed by atoms with Crippen molar-refractivity contribution in [2.75, 3.05) is 4.72 Å². The first kappa shape index (κ1) is 13.8. The molecule has 0 saturated heterocycles. The minimum Gasteiger partial charge on any atom is -0.280 e. The van der Waals surface area contributed by atoms with Gasteiger partial charge < -0.3 is 0 Å². The topological polar surface area (TPSA) is 119 Å². The Balaban J connectivity index is 2.24. The lowest BCUT2D eigenvalue weighted by molar-refractivity contribution is 0.601. The summed E-state index contributed by atoms with van der Waals surface area (Å²) in [6.07, 6.45) is 0. The van der Waals surface area contributed by atoms with E-state index in [2.05, 4.69) is 15.0 Å². The van der Waals surface area contributed by atoms with Gasteiger partial charge in [0.05, 0.1) is 16.3 Å². The van der Waals surface area contributed by atoms with Gasteiger partial charge in [0.15, 0.2) is 0 Å². The third kappa shape index (κ3) is 3.04. The van der Waals surface area contributed by atoms with Crippen LogP contribution in [0, 0.1) is 11.1 Å². The van der Waals surface area contributed by atoms with Crippen LogP contribution in [0.4, 0.5) is 17.1 Å². The first-order valence-electron chi connectivity index (χ1n) is 5.53. The molecule has 0 aromatic heterocycles. The average Bonchev–Trinajstić information content (AvgIpc) is 2.48. The minimum absolute atomic E-state index is 0.0826. The van der Waals surface area contributed by atoms with Crippen molar-refractivity contribution >= 4 is 27.1 Å². The Morgan fingerprint density at radius 1 is 0.800 bits per heavy atom. The highest BCUT2D eigenvalue weighted by Gasteiger charge is 2.13. The van der Waals surface area contributed by atoms with Crippen LogP contribution in [0.3, 0.4) is 0 Å². The number of benzene rings is 2. The van der Waals surface area contributed by atoms with Crippen LogP contribution < -0.4 is 4.72 Å². The number of hydrogen-bond acceptors (Lipinski definition) is 6. The molecular weight excluding hydrogens is 278 g/mol. The lowest BCUT2D eigenvalue weighted by Crippen LogP contribution is -2.12. The number of nitrogens with zero attached hydrogens (tertiary/aromatic N) is 2. The molecular formula is C12H11N5O2S. The molecule has 0 atom stereocenters. The fourth-order valence-corrected chi connectivity index (χ4v) is 2.58. The van der Waals surface area contributed by atoms with E-state index < -0.39 is 10.0 Å². The lowest BCUT2D eigenvalue weighted by Gasteiger charge is -2.08. The van der Waals surface area contributed by atoms with E-state index in [4.69, 9.17) is 11.1 Å². The molecule has 0 unspecified atom stereocenters. The highest BCUT2D eigenvalue weighted by molar-refractivity contribution is 7.92. The van der Waals surface area contributed by atoms with Crippen LogP contribution in [0.1, 0.15) is 0 Å². The van der Waals surface area contributed by atoms with Crippen LogP contribution in [-0.4, -0.2) is 8.42 Å². The average molecular weight is 289 g/mol. The monoisotopic (exact) mass is 289 g/mol. The summed E-state index contributed by atoms with van der Waals surface area (Å²) in [5, 5.41) is 6.43. The predicted molar refractivity (Wildman–Crippen MR) is 73.3 cm³/mol. The van der Waals surface area contributed by atoms with Crippen molar-refractivity contribution in [3.63, 3.8) is 0 Å². The van der Waals surface area contributed by atoms with Crippen LogP contribution in [0.5, 0.6) is 0 Å². The Bertz CT molecular complexity index is 723. The molecule has 2 aromatic rings. The highest BCUT2D eigenvalue weighted by atomic mass is 32.2. The molecule has 0 saturated carbocycles. The van der Waals surface area contributed by atoms with Gasteiger partial charge in [-0.3, -0.25) is 4.72 Å². The number of rotatable bonds is 5. The zero-order chi connectivity index (χ0) is 14.6. The van der Waals surface area contributed by atoms with Gasteiger partial charge >= 0.3 is 0 Å². The van der Waals surface area contributed by atoms with Crippen molar-refractivity contribution in [2.24, 2.45) is 10.2 Å². The van der Waals surface area contributed by atoms with E-state index in [1.807, 2.05) is 0 Å². The van der Waals surface area contributed by atoms with Gasteiger partial charge in [0.2, 0.25) is 0 Å². The summed E-state index contributed by atoms with van der Waals surface area (Å²) in [5.41, 5.74) is 14.9. The summed E-state index contributed by atoms with van der Waals surface area (Å²) in [6, 6.07) is 11.8. The molecule has 0 amide bonds. The van der Waals surface area contributed by atoms with Crippen LogP contribution in [-0.2, 0) is 10.0 Å². The smallest absolute Gasteiger partial charge is 0.261 e. The van der Waals surface area contributed by atoms with Crippen molar-refractivity contribution in [3.05, 3.63) is 48.5 Å². The molecule has 0 bridgehead atoms. The summed E-state index contributed by atoms with van der Waals surface area (Å²) < 4.78 is 26.6. The van der Waals surface area contributed by atoms with Crippen LogP contribution in [0.15, 0.2) is 63.7 Å². The molecule has 2 rings (SSSR count). The molecule has 2 aromatic carbocycles. The molecule has 0 heterocycles. The van der Waals surface area contributed by atoms with Gasteiger partial charge in [-0.1, -0.05) is 0 Å². The predicted octanol–water partition coefficient (Wildman–Crippen LogP) is 3.81. The second kappa shape index (κ2) is 5.57. The minimum atomic E-state index is -3.69. The normalized spacial score (nSPS) is 10.8. The summed E-state index contributed by atoms with van der Waals surface area (Å²) in [7, 11) is -3.69. The van der Waals surface area contributed by atoms with Gasteiger partial charge in [-0.25, -0.2) is 19.5 Å². The maximum Gasteiger partial charge on any atom is 0.261 e. The van der Waals surface area contributed by atoms with Gasteiger partial charge in [0, 0.05) is 5.69 Å². The van der Waals surface area contributed by atoms with E-state index in [0.29, 0.717) is 17.1 Å². The Hall–Kier alpha value is -2.61. The van der Waals surface area contributed by atoms with Gasteiger partial charge in [-0.05, 0) is 48.5 Å². The molecule has 0 aliphatic rings. The summed E-state index contributed by atoms with van der Waals surface area (Å²) in [4.78, 5) is 0.0826. The maximum atomic E-state index is 12.1. The van der Waals surface area contributed by atoms with Crippen molar-refractivity contribution in [3.8, 4) is 0 Å². The zero-order valence-corrected chi connectivity index (χ0v) is 11.1. The van der Waals surface area contributed by atoms with Crippen LogP contribution in [0.25, 0.3) is 0 Å². The molecule has 0 aliphatic carbocycles. The third-order valence-electron chi connectivity index (χ3n) is 2.52. The standard InChI is InChI=1S/C12H11N5O2S/c13-15-9-1-3-11(4-2-9)17-20(18,19)12-7-5-10(16-14)6-8-12/h1-8,13-14,17H. The second-order valence-electron chi connectivity index (χ2n) is 3.87. The Morgan fingerprint density at radius 2 is 1.25 bits per heavy atom. The lowest BCUT2D eigenvalue weighted by atomic mass is 10.3. The van der Waals surface area contributed by atoms with Crippen molar-refractivity contribution < 1.29 is 8.42 Å². The van der Waals surface area contributed by atoms with Gasteiger partial charge in [-0.2, -0.15) is 10.2 Å². The fraction of sp³-hybridized carbons (Fsp3) is 0. The highest BCUT2D eigenvalue weighted by Crippen LogP contribution is 2.21. The maximum absolute atomic E-state index is 12.1. The van der Waals surface area contributed by atoms with Crippen molar-refractivity contribution in [1.82, 2.24) is 0 Å². The number of sulfonamides is 1. The molecule has 7 nitrogen and oxygen atoms in total. The fourth-order valence-electron chi connectivity index (χ4n) is 1.52. The summed E-state index contributed by atoms with van der Waals surface area (Å²) in [5.74, 6) is 0. The van der Waals surface area contributed by atoms with Gasteiger partial charge in [0.25, 0.3) is 10.0 Å². The van der Waals surface area contributed by atoms with E-state index in [-0.39, 0.29) is 4.90 Å². The van der Waals surface area contributed by atoms with E-state index >= 15 is 0 Å². The molecule has 0 radical (unpaired) electrons. The van der Waals surface area contributed by atoms with Crippen LogP contribution >= 0.6 is 0 Å². The Labute approximate surface area is 115 Å². The third-order valence-corrected chi connectivity index (χ3v) is 3.92. The van der Waals surface area contributed by atoms with Gasteiger partial charge in [-0.15, -0.1) is 0 Å². The largest absolute Gasteiger partial charge is 0.280 e. The second-order valence-corrected chi connectivity index (χ2v) is 5.55. The molecule has 0 fully saturated rings. The van der Waals surface area contributed by atoms with Crippen LogP contribution in [0.2, 0.25) is 0 Å². The van der Waals surface area contributed by atoms with E-state index in [1.165, 1.54) is 48.5 Å². The summed E-state index contributed by atoms with van der Waals surface area (Å²) in [6.45, 7) is 0. The van der Waals surface area contributed by atoms with Crippen molar-refractivity contribution in [1.29, 1.82) is 11.1 Å². The van der Waals surface area contributed by atoms with E-state index in [1.54, 1.807) is 0 Å². The van der Waals surface area contributed by atoms with E-state index in [9.17, 15) is 8.42 Å². The molecule has 3 N–H and O–H groups in total. The Kier molecular flexibility index (Phi) is 3.85. The first-order chi connectivity index (χ1) is 9.55. The van der Waals surface area contributed by atoms with E-state index in [0.717, 1.165) is 0 Å². The zero-order valence-electron chi connectivity index (χ0n) is 10.2. The van der Waals surface area contributed by atoms with Gasteiger partial charge in [0.1, 0.15) is 0 Å². The quantitative estimate of drug-likeness (QED) is 0.725. The molecule has 102 valence electrons. The molecule has 0 spiro atoms.